The number of thiophene rings is 1. The van der Waals surface area contributed by atoms with Gasteiger partial charge < -0.3 is 10.2 Å². The number of rotatable bonds is 3. The molecule has 1 fully saturated rings. The van der Waals surface area contributed by atoms with E-state index in [4.69, 9.17) is 11.6 Å². The van der Waals surface area contributed by atoms with E-state index in [1.54, 1.807) is 30.4 Å². The van der Waals surface area contributed by atoms with Gasteiger partial charge in [-0.05, 0) is 30.7 Å². The molecule has 4 nitrogen and oxygen atoms in total. The van der Waals surface area contributed by atoms with E-state index in [0.717, 1.165) is 19.3 Å². The Balaban J connectivity index is 1.95. The molecule has 0 aliphatic heterocycles. The summed E-state index contributed by atoms with van der Waals surface area (Å²) in [5.74, 6) is 0.0360. The lowest BCUT2D eigenvalue weighted by molar-refractivity contribution is -0.134. The summed E-state index contributed by atoms with van der Waals surface area (Å²) in [6.45, 7) is 0. The van der Waals surface area contributed by atoms with Crippen LogP contribution < -0.4 is 5.32 Å². The van der Waals surface area contributed by atoms with Gasteiger partial charge >= 0.3 is 0 Å². The molecule has 0 aromatic carbocycles. The van der Waals surface area contributed by atoms with Crippen molar-refractivity contribution >= 4 is 34.8 Å². The number of hydrogen-bond acceptors (Lipinski definition) is 3. The zero-order valence-electron chi connectivity index (χ0n) is 11.7. The topological polar surface area (TPSA) is 49.4 Å². The first-order chi connectivity index (χ1) is 9.49. The van der Waals surface area contributed by atoms with Gasteiger partial charge in [0.15, 0.2) is 0 Å². The lowest BCUT2D eigenvalue weighted by atomic mass is 9.85. The summed E-state index contributed by atoms with van der Waals surface area (Å²) in [7, 11) is 3.55. The maximum Gasteiger partial charge on any atom is 0.263 e. The fourth-order valence-electron chi connectivity index (χ4n) is 2.62. The van der Waals surface area contributed by atoms with Gasteiger partial charge in [0.2, 0.25) is 5.91 Å². The van der Waals surface area contributed by atoms with Crippen molar-refractivity contribution in [1.29, 1.82) is 0 Å². The van der Waals surface area contributed by atoms with E-state index in [2.05, 4.69) is 5.32 Å². The van der Waals surface area contributed by atoms with E-state index in [1.165, 1.54) is 11.3 Å². The Morgan fingerprint density at radius 2 is 2.15 bits per heavy atom. The predicted octanol–water partition coefficient (Wildman–Crippen LogP) is 2.78. The van der Waals surface area contributed by atoms with Gasteiger partial charge in [0.1, 0.15) is 4.88 Å². The highest BCUT2D eigenvalue weighted by molar-refractivity contribution is 7.12. The highest BCUT2D eigenvalue weighted by atomic mass is 35.5. The summed E-state index contributed by atoms with van der Waals surface area (Å²) in [5.41, 5.74) is 0. The second kappa shape index (κ2) is 6.59. The SMILES string of the molecule is CN(C)C(=O)C1CCCC(NC(=O)c2sccc2Cl)C1. The van der Waals surface area contributed by atoms with Crippen LogP contribution in [0.1, 0.15) is 35.4 Å². The van der Waals surface area contributed by atoms with Gasteiger partial charge in [-0.1, -0.05) is 18.0 Å². The van der Waals surface area contributed by atoms with Crippen molar-refractivity contribution in [3.63, 3.8) is 0 Å². The Morgan fingerprint density at radius 1 is 1.40 bits per heavy atom. The van der Waals surface area contributed by atoms with Crippen molar-refractivity contribution in [3.8, 4) is 0 Å². The molecule has 1 aliphatic rings. The molecule has 110 valence electrons. The fourth-order valence-corrected chi connectivity index (χ4v) is 3.66. The molecule has 2 unspecified atom stereocenters. The average molecular weight is 315 g/mol. The molecule has 1 aromatic rings. The summed E-state index contributed by atoms with van der Waals surface area (Å²) < 4.78 is 0. The van der Waals surface area contributed by atoms with E-state index < -0.39 is 0 Å². The molecule has 2 rings (SSSR count). The highest BCUT2D eigenvalue weighted by Gasteiger charge is 2.29. The normalized spacial score (nSPS) is 22.4. The van der Waals surface area contributed by atoms with E-state index in [1.807, 2.05) is 0 Å². The summed E-state index contributed by atoms with van der Waals surface area (Å²) in [6, 6.07) is 1.78. The predicted molar refractivity (Wildman–Crippen MR) is 81.2 cm³/mol. The van der Waals surface area contributed by atoms with Crippen LogP contribution in [0.25, 0.3) is 0 Å². The van der Waals surface area contributed by atoms with Gasteiger partial charge in [0.05, 0.1) is 5.02 Å². The zero-order chi connectivity index (χ0) is 14.7. The van der Waals surface area contributed by atoms with Crippen molar-refractivity contribution in [2.24, 2.45) is 5.92 Å². The van der Waals surface area contributed by atoms with Crippen molar-refractivity contribution in [2.45, 2.75) is 31.7 Å². The average Bonchev–Trinajstić information content (AvgIpc) is 2.84. The number of hydrogen-bond donors (Lipinski definition) is 1. The van der Waals surface area contributed by atoms with Gasteiger partial charge in [0, 0.05) is 26.1 Å². The van der Waals surface area contributed by atoms with Crippen LogP contribution in [-0.2, 0) is 4.79 Å². The minimum Gasteiger partial charge on any atom is -0.349 e. The second-order valence-corrected chi connectivity index (χ2v) is 6.69. The molecule has 1 heterocycles. The van der Waals surface area contributed by atoms with Crippen LogP contribution in [-0.4, -0.2) is 36.9 Å². The molecule has 0 radical (unpaired) electrons. The van der Waals surface area contributed by atoms with Crippen LogP contribution in [0.5, 0.6) is 0 Å². The summed E-state index contributed by atoms with van der Waals surface area (Å²) >= 11 is 7.30. The van der Waals surface area contributed by atoms with E-state index in [9.17, 15) is 9.59 Å². The molecule has 0 spiro atoms. The second-order valence-electron chi connectivity index (χ2n) is 5.36. The maximum absolute atomic E-state index is 12.1. The van der Waals surface area contributed by atoms with Gasteiger partial charge in [-0.2, -0.15) is 0 Å². The van der Waals surface area contributed by atoms with Gasteiger partial charge in [-0.15, -0.1) is 11.3 Å². The van der Waals surface area contributed by atoms with Gasteiger partial charge in [-0.3, -0.25) is 9.59 Å². The van der Waals surface area contributed by atoms with Gasteiger partial charge in [-0.25, -0.2) is 0 Å². The van der Waals surface area contributed by atoms with Crippen LogP contribution in [0, 0.1) is 5.92 Å². The lowest BCUT2D eigenvalue weighted by Crippen LogP contribution is -2.42. The molecule has 2 amide bonds. The molecular formula is C14H19ClN2O2S. The number of carbonyl (C=O) groups is 2. The first kappa shape index (κ1) is 15.3. The zero-order valence-corrected chi connectivity index (χ0v) is 13.3. The molecule has 0 saturated heterocycles. The molecule has 0 bridgehead atoms. The molecule has 20 heavy (non-hydrogen) atoms. The molecule has 6 heteroatoms. The maximum atomic E-state index is 12.1. The summed E-state index contributed by atoms with van der Waals surface area (Å²) in [6.07, 6.45) is 3.51. The first-order valence-electron chi connectivity index (χ1n) is 6.74. The number of amides is 2. The smallest absolute Gasteiger partial charge is 0.263 e. The van der Waals surface area contributed by atoms with Crippen molar-refractivity contribution in [3.05, 3.63) is 21.3 Å². The van der Waals surface area contributed by atoms with Crippen molar-refractivity contribution in [1.82, 2.24) is 10.2 Å². The third-order valence-electron chi connectivity index (χ3n) is 3.62. The number of nitrogens with zero attached hydrogens (tertiary/aromatic N) is 1. The standard InChI is InChI=1S/C14H19ClN2O2S/c1-17(2)14(19)9-4-3-5-10(8-9)16-13(18)12-11(15)6-7-20-12/h6-7,9-10H,3-5,8H2,1-2H3,(H,16,18). The summed E-state index contributed by atoms with van der Waals surface area (Å²) in [5, 5.41) is 5.29. The summed E-state index contributed by atoms with van der Waals surface area (Å²) in [4.78, 5) is 26.3. The van der Waals surface area contributed by atoms with Crippen LogP contribution in [0.4, 0.5) is 0 Å². The minimum atomic E-state index is -0.132. The Bertz CT molecular complexity index is 501. The third-order valence-corrected chi connectivity index (χ3v) is 4.96. The van der Waals surface area contributed by atoms with E-state index >= 15 is 0 Å². The number of carbonyl (C=O) groups excluding carboxylic acids is 2. The van der Waals surface area contributed by atoms with Crippen molar-refractivity contribution in [2.75, 3.05) is 14.1 Å². The van der Waals surface area contributed by atoms with Crippen molar-refractivity contribution < 1.29 is 9.59 Å². The molecular weight excluding hydrogens is 296 g/mol. The lowest BCUT2D eigenvalue weighted by Gasteiger charge is -2.30. The minimum absolute atomic E-state index is 0.0165. The van der Waals surface area contributed by atoms with E-state index in [-0.39, 0.29) is 23.8 Å². The van der Waals surface area contributed by atoms with Crippen LogP contribution in [0.3, 0.4) is 0 Å². The largest absolute Gasteiger partial charge is 0.349 e. The molecule has 2 atom stereocenters. The molecule has 1 aliphatic carbocycles. The Labute approximate surface area is 128 Å². The molecule has 1 saturated carbocycles. The third kappa shape index (κ3) is 3.52. The molecule has 1 N–H and O–H groups in total. The Kier molecular flexibility index (Phi) is 5.05. The van der Waals surface area contributed by atoms with Gasteiger partial charge in [0.25, 0.3) is 5.91 Å². The number of halogens is 1. The first-order valence-corrected chi connectivity index (χ1v) is 8.00. The monoisotopic (exact) mass is 314 g/mol. The Morgan fingerprint density at radius 3 is 2.75 bits per heavy atom. The highest BCUT2D eigenvalue weighted by Crippen LogP contribution is 2.27. The van der Waals surface area contributed by atoms with Crippen LogP contribution >= 0.6 is 22.9 Å². The fraction of sp³-hybridized carbons (Fsp3) is 0.571. The number of nitrogens with one attached hydrogen (secondary N) is 1. The quantitative estimate of drug-likeness (QED) is 0.932. The molecule has 1 aromatic heterocycles. The Hall–Kier alpha value is -1.07. The van der Waals surface area contributed by atoms with Crippen LogP contribution in [0.2, 0.25) is 5.02 Å². The van der Waals surface area contributed by atoms with Crippen LogP contribution in [0.15, 0.2) is 11.4 Å². The van der Waals surface area contributed by atoms with E-state index in [0.29, 0.717) is 16.3 Å².